The molecule has 98 valence electrons. The van der Waals surface area contributed by atoms with Crippen LogP contribution in [0.4, 0.5) is 0 Å². The number of nitrogens with zero attached hydrogens (tertiary/aromatic N) is 2. The minimum atomic E-state index is 0.201. The predicted molar refractivity (Wildman–Crippen MR) is 69.5 cm³/mol. The number of hydrogen-bond acceptors (Lipinski definition) is 4. The van der Waals surface area contributed by atoms with Crippen LogP contribution in [0.15, 0.2) is 24.5 Å². The van der Waals surface area contributed by atoms with Crippen molar-refractivity contribution in [2.45, 2.75) is 19.9 Å². The minimum Gasteiger partial charge on any atom is -0.454 e. The molecule has 1 aliphatic rings. The molecule has 0 spiro atoms. The first-order chi connectivity index (χ1) is 9.31. The Morgan fingerprint density at radius 2 is 2.16 bits per heavy atom. The van der Waals surface area contributed by atoms with Gasteiger partial charge in [-0.3, -0.25) is 9.48 Å². The molecule has 5 nitrogen and oxygen atoms in total. The summed E-state index contributed by atoms with van der Waals surface area (Å²) in [5.74, 6) is 1.29. The van der Waals surface area contributed by atoms with Gasteiger partial charge in [0.15, 0.2) is 17.8 Å². The van der Waals surface area contributed by atoms with Crippen molar-refractivity contribution in [1.29, 1.82) is 0 Å². The van der Waals surface area contributed by atoms with Gasteiger partial charge >= 0.3 is 0 Å². The maximum atomic E-state index is 11.2. The molecule has 0 fully saturated rings. The standard InChI is InChI=1S/C14H14N2O3/c1-2-3-16-7-11(6-15-16)12-5-14-13(18-9-19-14)4-10(12)8-17/h4-8H,2-3,9H2,1H3. The van der Waals surface area contributed by atoms with Crippen LogP contribution in [0, 0.1) is 0 Å². The van der Waals surface area contributed by atoms with E-state index < -0.39 is 0 Å². The van der Waals surface area contributed by atoms with E-state index in [2.05, 4.69) is 12.0 Å². The highest BCUT2D eigenvalue weighted by atomic mass is 16.7. The number of carbonyl (C=O) groups is 1. The molecule has 0 N–H and O–H groups in total. The monoisotopic (exact) mass is 258 g/mol. The lowest BCUT2D eigenvalue weighted by atomic mass is 10.0. The second kappa shape index (κ2) is 4.76. The fraction of sp³-hybridized carbons (Fsp3) is 0.286. The summed E-state index contributed by atoms with van der Waals surface area (Å²) >= 11 is 0. The van der Waals surface area contributed by atoms with Gasteiger partial charge in [-0.2, -0.15) is 5.10 Å². The van der Waals surface area contributed by atoms with Crippen LogP contribution in [-0.2, 0) is 6.54 Å². The van der Waals surface area contributed by atoms with Gasteiger partial charge in [0.05, 0.1) is 6.20 Å². The molecule has 19 heavy (non-hydrogen) atoms. The van der Waals surface area contributed by atoms with E-state index >= 15 is 0 Å². The average molecular weight is 258 g/mol. The molecule has 0 radical (unpaired) electrons. The van der Waals surface area contributed by atoms with E-state index in [9.17, 15) is 4.79 Å². The van der Waals surface area contributed by atoms with Crippen molar-refractivity contribution in [2.24, 2.45) is 0 Å². The van der Waals surface area contributed by atoms with Crippen molar-refractivity contribution < 1.29 is 14.3 Å². The van der Waals surface area contributed by atoms with E-state index in [4.69, 9.17) is 9.47 Å². The van der Waals surface area contributed by atoms with E-state index in [1.165, 1.54) is 0 Å². The molecule has 0 unspecified atom stereocenters. The Morgan fingerprint density at radius 1 is 1.37 bits per heavy atom. The van der Waals surface area contributed by atoms with Crippen molar-refractivity contribution in [3.63, 3.8) is 0 Å². The van der Waals surface area contributed by atoms with E-state index in [-0.39, 0.29) is 6.79 Å². The fourth-order valence-electron chi connectivity index (χ4n) is 2.16. The molecule has 3 rings (SSSR count). The highest BCUT2D eigenvalue weighted by Gasteiger charge is 2.18. The maximum absolute atomic E-state index is 11.2. The quantitative estimate of drug-likeness (QED) is 0.791. The van der Waals surface area contributed by atoms with Gasteiger partial charge in [-0.15, -0.1) is 0 Å². The van der Waals surface area contributed by atoms with Gasteiger partial charge in [0.2, 0.25) is 6.79 Å². The molecule has 0 atom stereocenters. The Kier molecular flexibility index (Phi) is 2.95. The number of benzene rings is 1. The van der Waals surface area contributed by atoms with Crippen molar-refractivity contribution in [3.05, 3.63) is 30.1 Å². The average Bonchev–Trinajstić information content (AvgIpc) is 3.05. The van der Waals surface area contributed by atoms with Crippen LogP contribution in [0.25, 0.3) is 11.1 Å². The molecule has 0 bridgehead atoms. The lowest BCUT2D eigenvalue weighted by molar-refractivity contribution is 0.112. The van der Waals surface area contributed by atoms with Gasteiger partial charge in [0.1, 0.15) is 0 Å². The third kappa shape index (κ3) is 2.07. The van der Waals surface area contributed by atoms with Crippen molar-refractivity contribution >= 4 is 6.29 Å². The van der Waals surface area contributed by atoms with Crippen LogP contribution in [0.5, 0.6) is 11.5 Å². The number of aldehydes is 1. The zero-order valence-corrected chi connectivity index (χ0v) is 10.6. The Balaban J connectivity index is 2.05. The summed E-state index contributed by atoms with van der Waals surface area (Å²) in [4.78, 5) is 11.2. The molecule has 0 saturated carbocycles. The summed E-state index contributed by atoms with van der Waals surface area (Å²) in [5, 5.41) is 4.28. The SMILES string of the molecule is CCCn1cc(-c2cc3c(cc2C=O)OCO3)cn1. The Morgan fingerprint density at radius 3 is 2.89 bits per heavy atom. The van der Waals surface area contributed by atoms with Gasteiger partial charge in [-0.05, 0) is 24.1 Å². The molecule has 2 aromatic rings. The van der Waals surface area contributed by atoms with Crippen LogP contribution in [0.1, 0.15) is 23.7 Å². The van der Waals surface area contributed by atoms with Crippen LogP contribution >= 0.6 is 0 Å². The number of carbonyl (C=O) groups excluding carboxylic acids is 1. The molecule has 0 saturated heterocycles. The first kappa shape index (κ1) is 11.8. The largest absolute Gasteiger partial charge is 0.454 e. The lowest BCUT2D eigenvalue weighted by Crippen LogP contribution is -1.95. The molecule has 1 aliphatic heterocycles. The number of hydrogen-bond donors (Lipinski definition) is 0. The number of ether oxygens (including phenoxy) is 2. The smallest absolute Gasteiger partial charge is 0.231 e. The molecular weight excluding hydrogens is 244 g/mol. The molecule has 1 aromatic carbocycles. The van der Waals surface area contributed by atoms with E-state index in [0.717, 1.165) is 30.4 Å². The summed E-state index contributed by atoms with van der Waals surface area (Å²) in [6, 6.07) is 3.54. The summed E-state index contributed by atoms with van der Waals surface area (Å²) in [6.07, 6.45) is 5.55. The molecule has 2 heterocycles. The van der Waals surface area contributed by atoms with Crippen LogP contribution in [0.2, 0.25) is 0 Å². The lowest BCUT2D eigenvalue weighted by Gasteiger charge is -2.04. The zero-order valence-electron chi connectivity index (χ0n) is 10.6. The second-order valence-electron chi connectivity index (χ2n) is 4.40. The Hall–Kier alpha value is -2.30. The number of aryl methyl sites for hydroxylation is 1. The number of aromatic nitrogens is 2. The van der Waals surface area contributed by atoms with Crippen LogP contribution < -0.4 is 9.47 Å². The predicted octanol–water partition coefficient (Wildman–Crippen LogP) is 2.50. The zero-order chi connectivity index (χ0) is 13.2. The first-order valence-electron chi connectivity index (χ1n) is 6.23. The van der Waals surface area contributed by atoms with Gasteiger partial charge in [0.25, 0.3) is 0 Å². The number of rotatable bonds is 4. The summed E-state index contributed by atoms with van der Waals surface area (Å²) in [6.45, 7) is 3.16. The first-order valence-corrected chi connectivity index (χ1v) is 6.23. The van der Waals surface area contributed by atoms with Crippen LogP contribution in [-0.4, -0.2) is 22.9 Å². The normalized spacial score (nSPS) is 12.7. The summed E-state index contributed by atoms with van der Waals surface area (Å²) in [5.41, 5.74) is 2.32. The summed E-state index contributed by atoms with van der Waals surface area (Å²) in [7, 11) is 0. The van der Waals surface area contributed by atoms with Gasteiger partial charge < -0.3 is 9.47 Å². The van der Waals surface area contributed by atoms with E-state index in [1.807, 2.05) is 16.9 Å². The molecule has 0 amide bonds. The molecule has 5 heteroatoms. The van der Waals surface area contributed by atoms with Crippen LogP contribution in [0.3, 0.4) is 0 Å². The van der Waals surface area contributed by atoms with Crippen molar-refractivity contribution in [3.8, 4) is 22.6 Å². The second-order valence-corrected chi connectivity index (χ2v) is 4.40. The van der Waals surface area contributed by atoms with E-state index in [0.29, 0.717) is 17.1 Å². The highest BCUT2D eigenvalue weighted by Crippen LogP contribution is 2.38. The Labute approximate surface area is 110 Å². The highest BCUT2D eigenvalue weighted by molar-refractivity contribution is 5.89. The topological polar surface area (TPSA) is 53.4 Å². The minimum absolute atomic E-state index is 0.201. The fourth-order valence-corrected chi connectivity index (χ4v) is 2.16. The maximum Gasteiger partial charge on any atom is 0.231 e. The molecule has 0 aliphatic carbocycles. The van der Waals surface area contributed by atoms with Gasteiger partial charge in [0, 0.05) is 23.9 Å². The molecule has 1 aromatic heterocycles. The van der Waals surface area contributed by atoms with E-state index in [1.54, 1.807) is 12.3 Å². The third-order valence-electron chi connectivity index (χ3n) is 3.07. The summed E-state index contributed by atoms with van der Waals surface area (Å²) < 4.78 is 12.5. The van der Waals surface area contributed by atoms with Gasteiger partial charge in [-0.1, -0.05) is 6.92 Å². The number of fused-ring (bicyclic) bond motifs is 1. The third-order valence-corrected chi connectivity index (χ3v) is 3.07. The van der Waals surface area contributed by atoms with Gasteiger partial charge in [-0.25, -0.2) is 0 Å². The van der Waals surface area contributed by atoms with Crippen molar-refractivity contribution in [2.75, 3.05) is 6.79 Å². The molecular formula is C14H14N2O3. The Bertz CT molecular complexity index is 619. The van der Waals surface area contributed by atoms with Crippen molar-refractivity contribution in [1.82, 2.24) is 9.78 Å².